The maximum absolute atomic E-state index is 13.6. The van der Waals surface area contributed by atoms with Crippen LogP contribution in [0.5, 0.6) is 0 Å². The topological polar surface area (TPSA) is 32.3 Å². The molecule has 1 aliphatic rings. The van der Waals surface area contributed by atoms with Crippen LogP contribution in [-0.2, 0) is 11.2 Å². The van der Waals surface area contributed by atoms with E-state index in [2.05, 4.69) is 5.32 Å². The lowest BCUT2D eigenvalue weighted by molar-refractivity contribution is -0.132. The summed E-state index contributed by atoms with van der Waals surface area (Å²) >= 11 is 0. The molecule has 0 aromatic heterocycles. The van der Waals surface area contributed by atoms with Gasteiger partial charge in [0.15, 0.2) is 0 Å². The van der Waals surface area contributed by atoms with Crippen molar-refractivity contribution >= 4 is 5.91 Å². The Morgan fingerprint density at radius 2 is 1.90 bits per heavy atom. The van der Waals surface area contributed by atoms with Gasteiger partial charge in [-0.2, -0.15) is 0 Å². The summed E-state index contributed by atoms with van der Waals surface area (Å²) in [5, 5.41) is 3.13. The molecule has 0 saturated carbocycles. The van der Waals surface area contributed by atoms with Gasteiger partial charge < -0.3 is 10.2 Å². The Labute approximate surface area is 124 Å². The molecular formula is C16H22F2N2O. The van der Waals surface area contributed by atoms with Crippen LogP contribution in [0.25, 0.3) is 0 Å². The quantitative estimate of drug-likeness (QED) is 0.904. The molecule has 3 nitrogen and oxygen atoms in total. The molecule has 1 fully saturated rings. The highest BCUT2D eigenvalue weighted by Crippen LogP contribution is 2.21. The summed E-state index contributed by atoms with van der Waals surface area (Å²) in [6.07, 6.45) is 2.85. The van der Waals surface area contributed by atoms with Crippen LogP contribution in [0.1, 0.15) is 24.8 Å². The third-order valence-electron chi connectivity index (χ3n) is 4.16. The number of amides is 1. The predicted octanol–water partition coefficient (Wildman–Crippen LogP) is 2.36. The highest BCUT2D eigenvalue weighted by molar-refractivity contribution is 5.79. The number of hydrogen-bond donors (Lipinski definition) is 1. The third kappa shape index (κ3) is 4.24. The molecule has 1 heterocycles. The van der Waals surface area contributed by atoms with E-state index >= 15 is 0 Å². The Morgan fingerprint density at radius 3 is 2.48 bits per heavy atom. The zero-order valence-corrected chi connectivity index (χ0v) is 12.4. The smallest absolute Gasteiger partial charge is 0.227 e. The normalized spacial score (nSPS) is 16.2. The summed E-state index contributed by atoms with van der Waals surface area (Å²) in [6, 6.07) is 3.69. The number of halogens is 2. The van der Waals surface area contributed by atoms with Crippen molar-refractivity contribution in [2.75, 3.05) is 26.7 Å². The largest absolute Gasteiger partial charge is 0.342 e. The van der Waals surface area contributed by atoms with Crippen LogP contribution in [0.3, 0.4) is 0 Å². The van der Waals surface area contributed by atoms with Crippen LogP contribution in [0.4, 0.5) is 8.78 Å². The number of carbonyl (C=O) groups is 1. The van der Waals surface area contributed by atoms with Crippen molar-refractivity contribution in [3.05, 3.63) is 35.4 Å². The minimum atomic E-state index is -0.646. The fourth-order valence-electron chi connectivity index (χ4n) is 2.78. The Hall–Kier alpha value is -1.49. The summed E-state index contributed by atoms with van der Waals surface area (Å²) in [6.45, 7) is 2.35. The molecule has 0 bridgehead atoms. The van der Waals surface area contributed by atoms with Gasteiger partial charge in [-0.15, -0.1) is 0 Å². The maximum atomic E-state index is 13.6. The van der Waals surface area contributed by atoms with Gasteiger partial charge in [-0.1, -0.05) is 6.07 Å². The molecular weight excluding hydrogens is 274 g/mol. The number of nitrogens with zero attached hydrogens (tertiary/aromatic N) is 1. The lowest BCUT2D eigenvalue weighted by Crippen LogP contribution is -2.40. The second-order valence-electron chi connectivity index (χ2n) is 5.59. The molecule has 116 valence electrons. The van der Waals surface area contributed by atoms with Crippen LogP contribution in [-0.4, -0.2) is 37.5 Å². The Balaban J connectivity index is 1.88. The zero-order chi connectivity index (χ0) is 15.2. The summed E-state index contributed by atoms with van der Waals surface area (Å²) in [7, 11) is 1.93. The molecule has 2 rings (SSSR count). The molecule has 1 amide bonds. The first kappa shape index (κ1) is 15.9. The number of benzene rings is 1. The second kappa shape index (κ2) is 7.50. The first-order valence-electron chi connectivity index (χ1n) is 7.47. The van der Waals surface area contributed by atoms with Gasteiger partial charge in [-0.25, -0.2) is 8.78 Å². The van der Waals surface area contributed by atoms with Crippen LogP contribution in [0.2, 0.25) is 0 Å². The fourth-order valence-corrected chi connectivity index (χ4v) is 2.78. The SMILES string of the molecule is CNCCC1CCN(C(=O)Cc2c(F)cccc2F)CC1. The van der Waals surface area contributed by atoms with Gasteiger partial charge in [0.25, 0.3) is 0 Å². The second-order valence-corrected chi connectivity index (χ2v) is 5.59. The van der Waals surface area contributed by atoms with E-state index in [1.54, 1.807) is 4.90 Å². The van der Waals surface area contributed by atoms with E-state index in [1.165, 1.54) is 18.2 Å². The van der Waals surface area contributed by atoms with E-state index in [0.717, 1.165) is 25.8 Å². The molecule has 0 atom stereocenters. The standard InChI is InChI=1S/C16H22F2N2O/c1-19-8-5-12-6-9-20(10-7-12)16(21)11-13-14(17)3-2-4-15(13)18/h2-4,12,19H,5-11H2,1H3. The van der Waals surface area contributed by atoms with E-state index in [4.69, 9.17) is 0 Å². The van der Waals surface area contributed by atoms with Gasteiger partial charge in [-0.05, 0) is 50.9 Å². The monoisotopic (exact) mass is 296 g/mol. The number of rotatable bonds is 5. The highest BCUT2D eigenvalue weighted by Gasteiger charge is 2.24. The maximum Gasteiger partial charge on any atom is 0.227 e. The molecule has 0 radical (unpaired) electrons. The molecule has 21 heavy (non-hydrogen) atoms. The number of nitrogens with one attached hydrogen (secondary N) is 1. The predicted molar refractivity (Wildman–Crippen MR) is 77.9 cm³/mol. The van der Waals surface area contributed by atoms with Gasteiger partial charge in [0.1, 0.15) is 11.6 Å². The van der Waals surface area contributed by atoms with E-state index < -0.39 is 11.6 Å². The molecule has 0 aliphatic carbocycles. The van der Waals surface area contributed by atoms with Crippen LogP contribution in [0, 0.1) is 17.6 Å². The van der Waals surface area contributed by atoms with E-state index in [9.17, 15) is 13.6 Å². The summed E-state index contributed by atoms with van der Waals surface area (Å²) in [5.74, 6) is -0.850. The molecule has 1 aromatic carbocycles. The first-order chi connectivity index (χ1) is 10.1. The van der Waals surface area contributed by atoms with Gasteiger partial charge in [0, 0.05) is 18.7 Å². The van der Waals surface area contributed by atoms with Gasteiger partial charge in [-0.3, -0.25) is 4.79 Å². The van der Waals surface area contributed by atoms with E-state index in [0.29, 0.717) is 19.0 Å². The van der Waals surface area contributed by atoms with Crippen LogP contribution >= 0.6 is 0 Å². The van der Waals surface area contributed by atoms with Crippen molar-refractivity contribution in [2.24, 2.45) is 5.92 Å². The van der Waals surface area contributed by atoms with Crippen LogP contribution < -0.4 is 5.32 Å². The van der Waals surface area contributed by atoms with Crippen molar-refractivity contribution < 1.29 is 13.6 Å². The van der Waals surface area contributed by atoms with Crippen molar-refractivity contribution in [3.8, 4) is 0 Å². The number of piperidine rings is 1. The van der Waals surface area contributed by atoms with Crippen molar-refractivity contribution in [1.29, 1.82) is 0 Å². The molecule has 5 heteroatoms. The summed E-state index contributed by atoms with van der Waals surface area (Å²) < 4.78 is 27.1. The van der Waals surface area contributed by atoms with Crippen molar-refractivity contribution in [2.45, 2.75) is 25.7 Å². The molecule has 0 spiro atoms. The number of likely N-dealkylation sites (tertiary alicyclic amines) is 1. The van der Waals surface area contributed by atoms with Gasteiger partial charge in [0.2, 0.25) is 5.91 Å². The zero-order valence-electron chi connectivity index (χ0n) is 12.4. The minimum absolute atomic E-state index is 0.125. The summed E-state index contributed by atoms with van der Waals surface area (Å²) in [4.78, 5) is 13.9. The van der Waals surface area contributed by atoms with E-state index in [1.807, 2.05) is 7.05 Å². The molecule has 1 N–H and O–H groups in total. The lowest BCUT2D eigenvalue weighted by atomic mass is 9.93. The van der Waals surface area contributed by atoms with Crippen molar-refractivity contribution in [3.63, 3.8) is 0 Å². The number of hydrogen-bond acceptors (Lipinski definition) is 2. The van der Waals surface area contributed by atoms with Gasteiger partial charge in [0.05, 0.1) is 6.42 Å². The molecule has 1 saturated heterocycles. The molecule has 1 aromatic rings. The fraction of sp³-hybridized carbons (Fsp3) is 0.562. The van der Waals surface area contributed by atoms with Crippen molar-refractivity contribution in [1.82, 2.24) is 10.2 Å². The molecule has 0 unspecified atom stereocenters. The third-order valence-corrected chi connectivity index (χ3v) is 4.16. The molecule has 1 aliphatic heterocycles. The Kier molecular flexibility index (Phi) is 5.67. The lowest BCUT2D eigenvalue weighted by Gasteiger charge is -2.32. The van der Waals surface area contributed by atoms with Crippen LogP contribution in [0.15, 0.2) is 18.2 Å². The minimum Gasteiger partial charge on any atom is -0.342 e. The highest BCUT2D eigenvalue weighted by atomic mass is 19.1. The van der Waals surface area contributed by atoms with E-state index in [-0.39, 0.29) is 17.9 Å². The first-order valence-corrected chi connectivity index (χ1v) is 7.47. The van der Waals surface area contributed by atoms with Gasteiger partial charge >= 0.3 is 0 Å². The Bertz CT molecular complexity index is 465. The average Bonchev–Trinajstić information content (AvgIpc) is 2.49. The number of carbonyl (C=O) groups excluding carboxylic acids is 1. The average molecular weight is 296 g/mol. The Morgan fingerprint density at radius 1 is 1.29 bits per heavy atom. The summed E-state index contributed by atoms with van der Waals surface area (Å²) in [5.41, 5.74) is -0.125.